The van der Waals surface area contributed by atoms with Crippen LogP contribution in [-0.4, -0.2) is 90.0 Å². The van der Waals surface area contributed by atoms with Gasteiger partial charge in [-0.05, 0) is 127 Å². The van der Waals surface area contributed by atoms with E-state index in [0.29, 0.717) is 61.4 Å². The zero-order valence-corrected chi connectivity index (χ0v) is 42.4. The maximum Gasteiger partial charge on any atom is 0.407 e. The van der Waals surface area contributed by atoms with Crippen LogP contribution in [-0.2, 0) is 55.5 Å². The summed E-state index contributed by atoms with van der Waals surface area (Å²) in [5.74, 6) is -0.990. The number of aliphatic hydroxyl groups excluding tert-OH is 1. The van der Waals surface area contributed by atoms with E-state index in [2.05, 4.69) is 20.6 Å². The lowest BCUT2D eigenvalue weighted by Gasteiger charge is -2.19. The third-order valence-electron chi connectivity index (χ3n) is 10.4. The standard InChI is InChI=1S/C25H29F2N3O4S.C25H30FN3O5S/c1-16-22(17-7-6-8-20(13-17)35(5,32)33)23-21(10-9-19(14-26)29-23)30(16)15-18(27)11-12-28-24(31)34-25(2,3)4;1-16-22(17-7-6-8-20(13-17)35(5,32)33)23-21(10-9-19(15-30)28-23)29(16)14-18(26)11-12-27-24(31)34-25(2,3)4/h6-11,13H,12,14-15H2,1-5H3,(H,28,31);6-11,13,30H,12,14-15H2,1-5H3,(H,27,31)/b2*18-11-. The molecule has 4 aromatic heterocycles. The molecule has 0 radical (unpaired) electrons. The van der Waals surface area contributed by atoms with Crippen LogP contribution >= 0.6 is 0 Å². The number of amides is 2. The van der Waals surface area contributed by atoms with Gasteiger partial charge in [-0.2, -0.15) is 0 Å². The van der Waals surface area contributed by atoms with Gasteiger partial charge in [0.05, 0.1) is 62.9 Å². The summed E-state index contributed by atoms with van der Waals surface area (Å²) in [5, 5.41) is 14.5. The second kappa shape index (κ2) is 22.1. The minimum absolute atomic E-state index is 0.0465. The van der Waals surface area contributed by atoms with Gasteiger partial charge in [-0.3, -0.25) is 0 Å². The number of alkyl carbamates (subject to hydrolysis) is 2. The number of sulfone groups is 2. The van der Waals surface area contributed by atoms with E-state index in [-0.39, 0.29) is 48.3 Å². The predicted octanol–water partition coefficient (Wildman–Crippen LogP) is 9.55. The van der Waals surface area contributed by atoms with Crippen molar-refractivity contribution in [2.24, 2.45) is 0 Å². The molecular formula is C50H59F3N6O9S2. The summed E-state index contributed by atoms with van der Waals surface area (Å²) in [4.78, 5) is 32.8. The fourth-order valence-electron chi connectivity index (χ4n) is 7.34. The summed E-state index contributed by atoms with van der Waals surface area (Å²) >= 11 is 0. The van der Waals surface area contributed by atoms with Crippen LogP contribution in [0.4, 0.5) is 22.8 Å². The molecule has 6 rings (SSSR count). The topological polar surface area (TPSA) is 201 Å². The second-order valence-corrected chi connectivity index (χ2v) is 22.4. The molecule has 0 aliphatic carbocycles. The van der Waals surface area contributed by atoms with Crippen molar-refractivity contribution < 1.29 is 54.2 Å². The van der Waals surface area contributed by atoms with E-state index < -0.39 is 61.4 Å². The predicted molar refractivity (Wildman–Crippen MR) is 264 cm³/mol. The van der Waals surface area contributed by atoms with Gasteiger partial charge in [-0.25, -0.2) is 49.6 Å². The van der Waals surface area contributed by atoms with Crippen LogP contribution in [0, 0.1) is 13.8 Å². The van der Waals surface area contributed by atoms with E-state index in [9.17, 15) is 44.7 Å². The number of carbonyl (C=O) groups is 2. The van der Waals surface area contributed by atoms with E-state index in [4.69, 9.17) is 9.47 Å². The Hall–Kier alpha value is -6.51. The van der Waals surface area contributed by atoms with E-state index >= 15 is 0 Å². The highest BCUT2D eigenvalue weighted by Gasteiger charge is 2.23. The van der Waals surface area contributed by atoms with Gasteiger partial charge < -0.3 is 34.3 Å². The number of rotatable bonds is 14. The minimum atomic E-state index is -3.45. The molecule has 15 nitrogen and oxygen atoms in total. The summed E-state index contributed by atoms with van der Waals surface area (Å²) < 4.78 is 105. The summed E-state index contributed by atoms with van der Waals surface area (Å²) in [5.41, 5.74) is 5.27. The Balaban J connectivity index is 0.000000261. The van der Waals surface area contributed by atoms with Gasteiger partial charge in [-0.15, -0.1) is 0 Å². The molecular weight excluding hydrogens is 950 g/mol. The van der Waals surface area contributed by atoms with Gasteiger partial charge in [0.2, 0.25) is 0 Å². The van der Waals surface area contributed by atoms with Crippen molar-refractivity contribution in [3.05, 3.63) is 119 Å². The third kappa shape index (κ3) is 14.3. The van der Waals surface area contributed by atoms with Crippen molar-refractivity contribution in [2.45, 2.75) is 103 Å². The van der Waals surface area contributed by atoms with Crippen molar-refractivity contribution in [2.75, 3.05) is 25.6 Å². The number of aromatic nitrogens is 4. The molecule has 70 heavy (non-hydrogen) atoms. The van der Waals surface area contributed by atoms with E-state index in [0.717, 1.165) is 12.5 Å². The number of pyridine rings is 2. The Kier molecular flexibility index (Phi) is 17.2. The summed E-state index contributed by atoms with van der Waals surface area (Å²) in [7, 11) is -6.89. The molecule has 3 N–H and O–H groups in total. The molecule has 2 aromatic carbocycles. The Morgan fingerprint density at radius 1 is 0.657 bits per heavy atom. The summed E-state index contributed by atoms with van der Waals surface area (Å²) in [6, 6.07) is 19.5. The average molecular weight is 1010 g/mol. The van der Waals surface area contributed by atoms with Crippen LogP contribution in [0.25, 0.3) is 44.3 Å². The number of ether oxygens (including phenoxy) is 2. The number of nitrogens with one attached hydrogen (secondary N) is 2. The molecule has 0 bridgehead atoms. The smallest absolute Gasteiger partial charge is 0.407 e. The Labute approximate surface area is 406 Å². The largest absolute Gasteiger partial charge is 0.444 e. The number of hydrogen-bond donors (Lipinski definition) is 3. The van der Waals surface area contributed by atoms with Crippen molar-refractivity contribution in [1.29, 1.82) is 0 Å². The molecule has 0 aliphatic rings. The second-order valence-electron chi connectivity index (χ2n) is 18.4. The average Bonchev–Trinajstić information content (AvgIpc) is 3.69. The number of alkyl halides is 1. The Morgan fingerprint density at radius 3 is 1.40 bits per heavy atom. The molecule has 0 fully saturated rings. The normalized spacial score (nSPS) is 12.7. The maximum atomic E-state index is 14.9. The monoisotopic (exact) mass is 1010 g/mol. The molecule has 0 aliphatic heterocycles. The van der Waals surface area contributed by atoms with Crippen molar-refractivity contribution in [3.63, 3.8) is 0 Å². The van der Waals surface area contributed by atoms with Gasteiger partial charge in [0.1, 0.15) is 29.5 Å². The van der Waals surface area contributed by atoms with Crippen LogP contribution < -0.4 is 10.6 Å². The Bertz CT molecular complexity index is 2990. The van der Waals surface area contributed by atoms with Crippen LogP contribution in [0.15, 0.2) is 106 Å². The molecule has 4 heterocycles. The highest BCUT2D eigenvalue weighted by molar-refractivity contribution is 7.91. The lowest BCUT2D eigenvalue weighted by molar-refractivity contribution is 0.0522. The van der Waals surface area contributed by atoms with Gasteiger partial charge in [0, 0.05) is 48.1 Å². The molecule has 2 amide bonds. The molecule has 0 saturated carbocycles. The first-order valence-electron chi connectivity index (χ1n) is 22.0. The fraction of sp³-hybridized carbons (Fsp3) is 0.360. The lowest BCUT2D eigenvalue weighted by atomic mass is 10.1. The van der Waals surface area contributed by atoms with Gasteiger partial charge >= 0.3 is 12.2 Å². The molecule has 20 heteroatoms. The number of nitrogens with zero attached hydrogens (tertiary/aromatic N) is 4. The number of carbonyl (C=O) groups excluding carboxylic acids is 2. The summed E-state index contributed by atoms with van der Waals surface area (Å²) in [6.45, 7) is 12.6. The van der Waals surface area contributed by atoms with Gasteiger partial charge in [0.15, 0.2) is 19.7 Å². The first kappa shape index (κ1) is 54.4. The fourth-order valence-corrected chi connectivity index (χ4v) is 8.67. The lowest BCUT2D eigenvalue weighted by Crippen LogP contribution is -2.32. The number of allylic oxidation sites excluding steroid dienone is 2. The van der Waals surface area contributed by atoms with Crippen LogP contribution in [0.1, 0.15) is 64.3 Å². The first-order valence-corrected chi connectivity index (χ1v) is 25.8. The highest BCUT2D eigenvalue weighted by Crippen LogP contribution is 2.37. The molecule has 0 saturated heterocycles. The third-order valence-corrected chi connectivity index (χ3v) is 12.6. The molecule has 6 aromatic rings. The number of aliphatic hydroxyl groups is 1. The van der Waals surface area contributed by atoms with E-state index in [1.54, 1.807) is 113 Å². The van der Waals surface area contributed by atoms with Gasteiger partial charge in [0.25, 0.3) is 0 Å². The zero-order valence-electron chi connectivity index (χ0n) is 40.8. The van der Waals surface area contributed by atoms with Crippen molar-refractivity contribution in [1.82, 2.24) is 29.7 Å². The van der Waals surface area contributed by atoms with Crippen LogP contribution in [0.2, 0.25) is 0 Å². The number of halogens is 3. The maximum absolute atomic E-state index is 14.9. The number of fused-ring (bicyclic) bond motifs is 2. The van der Waals surface area contributed by atoms with Crippen LogP contribution in [0.5, 0.6) is 0 Å². The molecule has 0 unspecified atom stereocenters. The van der Waals surface area contributed by atoms with Crippen LogP contribution in [0.3, 0.4) is 0 Å². The number of benzene rings is 2. The minimum Gasteiger partial charge on any atom is -0.444 e. The van der Waals surface area contributed by atoms with E-state index in [1.165, 1.54) is 36.4 Å². The quantitative estimate of drug-likeness (QED) is 0.0938. The van der Waals surface area contributed by atoms with E-state index in [1.807, 2.05) is 0 Å². The molecule has 376 valence electrons. The number of hydrogen-bond acceptors (Lipinski definition) is 11. The summed E-state index contributed by atoms with van der Waals surface area (Å²) in [6.07, 6.45) is 3.46. The van der Waals surface area contributed by atoms with Gasteiger partial charge in [-0.1, -0.05) is 24.3 Å². The molecule has 0 atom stereocenters. The van der Waals surface area contributed by atoms with Crippen molar-refractivity contribution in [3.8, 4) is 22.3 Å². The zero-order chi connectivity index (χ0) is 51.9. The SMILES string of the molecule is Cc1c(-c2cccc(S(C)(=O)=O)c2)c2nc(CF)ccc2n1C/C(F)=C/CNC(=O)OC(C)(C)C.Cc1c(-c2cccc(S(C)(=O)=O)c2)c2nc(CO)ccc2n1C/C(F)=C/CNC(=O)OC(C)(C)C. The Morgan fingerprint density at radius 2 is 1.04 bits per heavy atom. The first-order chi connectivity index (χ1) is 32.6. The molecule has 0 spiro atoms. The van der Waals surface area contributed by atoms with Crippen molar-refractivity contribution >= 4 is 53.9 Å². The highest BCUT2D eigenvalue weighted by atomic mass is 32.2.